The van der Waals surface area contributed by atoms with Crippen molar-refractivity contribution in [3.8, 4) is 0 Å². The van der Waals surface area contributed by atoms with Gasteiger partial charge >= 0.3 is 6.18 Å². The van der Waals surface area contributed by atoms with Gasteiger partial charge in [0.15, 0.2) is 0 Å². The number of carbonyl (C=O) groups is 2. The van der Waals surface area contributed by atoms with Crippen LogP contribution in [0.2, 0.25) is 0 Å². The maximum absolute atomic E-state index is 12.2. The molecule has 1 aliphatic heterocycles. The molecule has 124 valence electrons. The van der Waals surface area contributed by atoms with Crippen LogP contribution in [-0.2, 0) is 9.59 Å². The van der Waals surface area contributed by atoms with Crippen molar-refractivity contribution in [2.75, 3.05) is 11.9 Å². The van der Waals surface area contributed by atoms with Gasteiger partial charge in [-0.05, 0) is 40.9 Å². The van der Waals surface area contributed by atoms with E-state index in [0.29, 0.717) is 31.3 Å². The third kappa shape index (κ3) is 4.78. The molecule has 2 heterocycles. The van der Waals surface area contributed by atoms with Crippen LogP contribution in [0.5, 0.6) is 0 Å². The molecule has 1 aromatic heterocycles. The summed E-state index contributed by atoms with van der Waals surface area (Å²) in [4.78, 5) is 28.5. The molecule has 0 saturated carbocycles. The zero-order chi connectivity index (χ0) is 17.0. The maximum atomic E-state index is 12.2. The van der Waals surface area contributed by atoms with E-state index in [4.69, 9.17) is 0 Å². The number of ketones is 1. The first-order valence-electron chi connectivity index (χ1n) is 6.75. The molecule has 23 heavy (non-hydrogen) atoms. The van der Waals surface area contributed by atoms with Crippen molar-refractivity contribution < 1.29 is 22.8 Å². The molecule has 0 spiro atoms. The molecule has 2 rings (SSSR count). The summed E-state index contributed by atoms with van der Waals surface area (Å²) in [5, 5.41) is 2.61. The van der Waals surface area contributed by atoms with Crippen LogP contribution < -0.4 is 5.32 Å². The van der Waals surface area contributed by atoms with E-state index in [1.165, 1.54) is 11.1 Å². The first-order valence-corrected chi connectivity index (χ1v) is 7.54. The highest BCUT2D eigenvalue weighted by molar-refractivity contribution is 9.10. The fourth-order valence-electron chi connectivity index (χ4n) is 2.17. The van der Waals surface area contributed by atoms with E-state index in [0.717, 1.165) is 10.7 Å². The van der Waals surface area contributed by atoms with Crippen molar-refractivity contribution in [1.82, 2.24) is 9.88 Å². The van der Waals surface area contributed by atoms with E-state index in [9.17, 15) is 22.8 Å². The van der Waals surface area contributed by atoms with Crippen LogP contribution in [0.3, 0.4) is 0 Å². The lowest BCUT2D eigenvalue weighted by Gasteiger charge is -2.21. The molecule has 9 heteroatoms. The van der Waals surface area contributed by atoms with Crippen molar-refractivity contribution in [2.24, 2.45) is 0 Å². The van der Waals surface area contributed by atoms with Crippen molar-refractivity contribution in [3.63, 3.8) is 0 Å². The van der Waals surface area contributed by atoms with Crippen molar-refractivity contribution >= 4 is 33.4 Å². The first-order chi connectivity index (χ1) is 10.8. The van der Waals surface area contributed by atoms with Crippen LogP contribution >= 0.6 is 15.9 Å². The van der Waals surface area contributed by atoms with Crippen molar-refractivity contribution in [3.05, 3.63) is 35.1 Å². The Morgan fingerprint density at radius 2 is 2.13 bits per heavy atom. The second-order valence-electron chi connectivity index (χ2n) is 4.92. The largest absolute Gasteiger partial charge is 0.454 e. The number of allylic oxidation sites excluding steroid dienone is 1. The lowest BCUT2D eigenvalue weighted by atomic mass is 10.2. The van der Waals surface area contributed by atoms with Gasteiger partial charge < -0.3 is 10.2 Å². The Labute approximate surface area is 138 Å². The molecule has 1 atom stereocenters. The van der Waals surface area contributed by atoms with E-state index in [2.05, 4.69) is 26.2 Å². The first kappa shape index (κ1) is 17.5. The Morgan fingerprint density at radius 3 is 2.74 bits per heavy atom. The number of pyridine rings is 1. The van der Waals surface area contributed by atoms with E-state index in [-0.39, 0.29) is 5.91 Å². The Hall–Kier alpha value is -1.90. The maximum Gasteiger partial charge on any atom is 0.454 e. The average molecular weight is 392 g/mol. The summed E-state index contributed by atoms with van der Waals surface area (Å²) in [5.74, 6) is -1.97. The van der Waals surface area contributed by atoms with Gasteiger partial charge in [0.05, 0.1) is 0 Å². The lowest BCUT2D eigenvalue weighted by molar-refractivity contribution is -0.165. The average Bonchev–Trinajstić information content (AvgIpc) is 2.94. The van der Waals surface area contributed by atoms with E-state index < -0.39 is 18.0 Å². The Morgan fingerprint density at radius 1 is 1.39 bits per heavy atom. The number of aromatic nitrogens is 1. The predicted octanol–water partition coefficient (Wildman–Crippen LogP) is 2.89. The van der Waals surface area contributed by atoms with Gasteiger partial charge in [-0.25, -0.2) is 4.98 Å². The monoisotopic (exact) mass is 391 g/mol. The standard InChI is InChI=1S/C14H13BrF3N3O2/c15-9-3-4-12(19-8-9)20-13(23)10-2-1-6-21(10)7-5-11(22)14(16,17)18/h3-5,7-8,10H,1-2,6H2,(H,19,20,23)/b7-5+. The van der Waals surface area contributed by atoms with Crippen LogP contribution in [0.1, 0.15) is 12.8 Å². The second kappa shape index (κ2) is 7.12. The van der Waals surface area contributed by atoms with Crippen molar-refractivity contribution in [1.29, 1.82) is 0 Å². The SMILES string of the molecule is O=C(Nc1ccc(Br)cn1)C1CCCN1/C=C/C(=O)C(F)(F)F. The summed E-state index contributed by atoms with van der Waals surface area (Å²) in [5.41, 5.74) is 0. The fraction of sp³-hybridized carbons (Fsp3) is 0.357. The molecule has 1 fully saturated rings. The van der Waals surface area contributed by atoms with Gasteiger partial charge in [-0.1, -0.05) is 0 Å². The molecule has 1 N–H and O–H groups in total. The molecular weight excluding hydrogens is 379 g/mol. The predicted molar refractivity (Wildman–Crippen MR) is 80.5 cm³/mol. The van der Waals surface area contributed by atoms with Crippen LogP contribution in [-0.4, -0.2) is 40.3 Å². The highest BCUT2D eigenvalue weighted by Gasteiger charge is 2.37. The zero-order valence-corrected chi connectivity index (χ0v) is 13.4. The summed E-state index contributed by atoms with van der Waals surface area (Å²) in [6.45, 7) is 0.410. The topological polar surface area (TPSA) is 62.3 Å². The number of likely N-dealkylation sites (tertiary alicyclic amines) is 1. The Bertz CT molecular complexity index is 617. The molecule has 1 aliphatic rings. The molecule has 5 nitrogen and oxygen atoms in total. The minimum Gasteiger partial charge on any atom is -0.365 e. The molecule has 0 bridgehead atoms. The fourth-order valence-corrected chi connectivity index (χ4v) is 2.40. The lowest BCUT2D eigenvalue weighted by Crippen LogP contribution is -2.37. The van der Waals surface area contributed by atoms with E-state index in [1.54, 1.807) is 12.1 Å². The molecular formula is C14H13BrF3N3O2. The van der Waals surface area contributed by atoms with E-state index >= 15 is 0 Å². The van der Waals surface area contributed by atoms with Gasteiger partial charge in [0.2, 0.25) is 5.91 Å². The smallest absolute Gasteiger partial charge is 0.365 e. The van der Waals surface area contributed by atoms with E-state index in [1.807, 2.05) is 0 Å². The van der Waals surface area contributed by atoms with Gasteiger partial charge in [0, 0.05) is 29.5 Å². The highest BCUT2D eigenvalue weighted by atomic mass is 79.9. The molecule has 1 amide bonds. The summed E-state index contributed by atoms with van der Waals surface area (Å²) in [6.07, 6.45) is -0.770. The van der Waals surface area contributed by atoms with Crippen LogP contribution in [0, 0.1) is 0 Å². The molecule has 0 aliphatic carbocycles. The number of amides is 1. The van der Waals surface area contributed by atoms with Gasteiger partial charge in [-0.2, -0.15) is 13.2 Å². The number of hydrogen-bond donors (Lipinski definition) is 1. The van der Waals surface area contributed by atoms with Crippen LogP contribution in [0.4, 0.5) is 19.0 Å². The number of nitrogens with zero attached hydrogens (tertiary/aromatic N) is 2. The third-order valence-corrected chi connectivity index (χ3v) is 3.74. The highest BCUT2D eigenvalue weighted by Crippen LogP contribution is 2.21. The van der Waals surface area contributed by atoms with Gasteiger partial charge in [0.25, 0.3) is 5.78 Å². The summed E-state index contributed by atoms with van der Waals surface area (Å²) >= 11 is 3.22. The minimum atomic E-state index is -4.91. The molecule has 1 saturated heterocycles. The normalized spacial score (nSPS) is 18.4. The number of nitrogens with one attached hydrogen (secondary N) is 1. The minimum absolute atomic E-state index is 0.348. The second-order valence-corrected chi connectivity index (χ2v) is 5.84. The summed E-state index contributed by atoms with van der Waals surface area (Å²) < 4.78 is 37.3. The van der Waals surface area contributed by atoms with Gasteiger partial charge in [-0.3, -0.25) is 9.59 Å². The zero-order valence-electron chi connectivity index (χ0n) is 11.8. The number of anilines is 1. The van der Waals surface area contributed by atoms with Gasteiger partial charge in [0.1, 0.15) is 11.9 Å². The summed E-state index contributed by atoms with van der Waals surface area (Å²) in [7, 11) is 0. The summed E-state index contributed by atoms with van der Waals surface area (Å²) in [6, 6.07) is 2.68. The van der Waals surface area contributed by atoms with Crippen molar-refractivity contribution in [2.45, 2.75) is 25.1 Å². The van der Waals surface area contributed by atoms with Crippen LogP contribution in [0.25, 0.3) is 0 Å². The Balaban J connectivity index is 2.00. The quantitative estimate of drug-likeness (QED) is 0.801. The van der Waals surface area contributed by atoms with Crippen LogP contribution in [0.15, 0.2) is 35.1 Å². The molecule has 1 aromatic rings. The Kier molecular flexibility index (Phi) is 5.40. The third-order valence-electron chi connectivity index (χ3n) is 3.27. The molecule has 1 unspecified atom stereocenters. The molecule has 0 aromatic carbocycles. The number of rotatable bonds is 4. The van der Waals surface area contributed by atoms with Gasteiger partial charge in [-0.15, -0.1) is 0 Å². The molecule has 0 radical (unpaired) electrons. The number of hydrogen-bond acceptors (Lipinski definition) is 4. The number of carbonyl (C=O) groups excluding carboxylic acids is 2. The number of halogens is 4. The number of alkyl halides is 3.